The van der Waals surface area contributed by atoms with Gasteiger partial charge in [0.15, 0.2) is 5.96 Å². The van der Waals surface area contributed by atoms with E-state index >= 15 is 0 Å². The van der Waals surface area contributed by atoms with Crippen LogP contribution in [0.2, 0.25) is 10.2 Å². The van der Waals surface area contributed by atoms with E-state index in [9.17, 15) is 0 Å². The molecule has 0 saturated carbocycles. The zero-order valence-corrected chi connectivity index (χ0v) is 16.0. The Morgan fingerprint density at radius 1 is 1.35 bits per heavy atom. The maximum Gasteiger partial charge on any atom is 0.191 e. The number of aromatic nitrogens is 2. The SMILES string of the molecule is CN=C(NCCc1sc(C)nc1C)NCc1cc(Cl)c(Cl)n1C. The van der Waals surface area contributed by atoms with E-state index in [1.807, 2.05) is 24.6 Å². The number of guanidine groups is 1. The fraction of sp³-hybridized carbons (Fsp3) is 0.467. The first-order valence-electron chi connectivity index (χ1n) is 7.29. The Labute approximate surface area is 150 Å². The minimum Gasteiger partial charge on any atom is -0.356 e. The second-order valence-corrected chi connectivity index (χ2v) is 7.23. The zero-order chi connectivity index (χ0) is 17.0. The molecule has 126 valence electrons. The zero-order valence-electron chi connectivity index (χ0n) is 13.7. The van der Waals surface area contributed by atoms with Crippen LogP contribution in [0.15, 0.2) is 11.1 Å². The molecule has 2 N–H and O–H groups in total. The highest BCUT2D eigenvalue weighted by molar-refractivity contribution is 7.11. The summed E-state index contributed by atoms with van der Waals surface area (Å²) >= 11 is 13.8. The quantitative estimate of drug-likeness (QED) is 0.624. The summed E-state index contributed by atoms with van der Waals surface area (Å²) in [6, 6.07) is 1.85. The average molecular weight is 374 g/mol. The lowest BCUT2D eigenvalue weighted by Crippen LogP contribution is -2.38. The topological polar surface area (TPSA) is 54.2 Å². The van der Waals surface area contributed by atoms with E-state index in [0.29, 0.717) is 16.7 Å². The maximum atomic E-state index is 6.07. The van der Waals surface area contributed by atoms with Crippen LogP contribution in [0.1, 0.15) is 21.3 Å². The number of aryl methyl sites for hydroxylation is 2. The molecule has 0 spiro atoms. The van der Waals surface area contributed by atoms with Crippen LogP contribution < -0.4 is 10.6 Å². The molecule has 0 saturated heterocycles. The summed E-state index contributed by atoms with van der Waals surface area (Å²) in [7, 11) is 3.64. The molecule has 0 aromatic carbocycles. The number of halogens is 2. The minimum absolute atomic E-state index is 0.544. The number of hydrogen-bond donors (Lipinski definition) is 2. The van der Waals surface area contributed by atoms with Crippen LogP contribution in [0.4, 0.5) is 0 Å². The van der Waals surface area contributed by atoms with Crippen LogP contribution in [0, 0.1) is 13.8 Å². The molecule has 5 nitrogen and oxygen atoms in total. The molecule has 0 radical (unpaired) electrons. The second kappa shape index (κ2) is 8.04. The van der Waals surface area contributed by atoms with E-state index in [4.69, 9.17) is 23.2 Å². The molecule has 2 aromatic heterocycles. The monoisotopic (exact) mass is 373 g/mol. The molecule has 0 aliphatic rings. The molecule has 2 aromatic rings. The van der Waals surface area contributed by atoms with Gasteiger partial charge in [-0.2, -0.15) is 0 Å². The normalized spacial score (nSPS) is 11.8. The van der Waals surface area contributed by atoms with Crippen molar-refractivity contribution in [3.63, 3.8) is 0 Å². The number of nitrogens with zero attached hydrogens (tertiary/aromatic N) is 3. The van der Waals surface area contributed by atoms with Crippen molar-refractivity contribution in [2.45, 2.75) is 26.8 Å². The Morgan fingerprint density at radius 3 is 2.61 bits per heavy atom. The fourth-order valence-corrected chi connectivity index (χ4v) is 3.61. The van der Waals surface area contributed by atoms with E-state index in [2.05, 4.69) is 27.5 Å². The molecule has 23 heavy (non-hydrogen) atoms. The molecule has 8 heteroatoms. The van der Waals surface area contributed by atoms with Crippen LogP contribution in [0.5, 0.6) is 0 Å². The fourth-order valence-electron chi connectivity index (χ4n) is 2.25. The van der Waals surface area contributed by atoms with Gasteiger partial charge in [-0.1, -0.05) is 23.2 Å². The lowest BCUT2D eigenvalue weighted by atomic mass is 10.3. The number of nitrogens with one attached hydrogen (secondary N) is 2. The largest absolute Gasteiger partial charge is 0.356 e. The van der Waals surface area contributed by atoms with Crippen molar-refractivity contribution in [3.05, 3.63) is 37.5 Å². The minimum atomic E-state index is 0.544. The highest BCUT2D eigenvalue weighted by atomic mass is 35.5. The lowest BCUT2D eigenvalue weighted by molar-refractivity contribution is 0.747. The standard InChI is InChI=1S/C15H21Cl2N5S/c1-9-13(23-10(2)21-9)5-6-19-15(18-3)20-8-11-7-12(16)14(17)22(11)4/h7H,5-6,8H2,1-4H3,(H2,18,19,20). The van der Waals surface area contributed by atoms with Crippen molar-refractivity contribution < 1.29 is 0 Å². The highest BCUT2D eigenvalue weighted by Crippen LogP contribution is 2.24. The van der Waals surface area contributed by atoms with Crippen molar-refractivity contribution in [2.75, 3.05) is 13.6 Å². The Bertz CT molecular complexity index is 705. The Morgan fingerprint density at radius 2 is 2.09 bits per heavy atom. The molecule has 2 rings (SSSR count). The first kappa shape index (κ1) is 18.1. The summed E-state index contributed by atoms with van der Waals surface area (Å²) in [6.07, 6.45) is 0.930. The van der Waals surface area contributed by atoms with Crippen molar-refractivity contribution in [1.29, 1.82) is 0 Å². The van der Waals surface area contributed by atoms with E-state index in [-0.39, 0.29) is 0 Å². The number of thiazole rings is 1. The van der Waals surface area contributed by atoms with Gasteiger partial charge in [-0.3, -0.25) is 4.99 Å². The first-order chi connectivity index (χ1) is 10.9. The van der Waals surface area contributed by atoms with Gasteiger partial charge in [0.1, 0.15) is 5.15 Å². The van der Waals surface area contributed by atoms with E-state index in [1.165, 1.54) is 4.88 Å². The molecular formula is C15H21Cl2N5S. The van der Waals surface area contributed by atoms with Gasteiger partial charge in [0.25, 0.3) is 0 Å². The molecule has 0 atom stereocenters. The van der Waals surface area contributed by atoms with Gasteiger partial charge in [0, 0.05) is 37.6 Å². The van der Waals surface area contributed by atoms with Gasteiger partial charge in [0.05, 0.1) is 22.3 Å². The third-order valence-corrected chi connectivity index (χ3v) is 5.50. The Balaban J connectivity index is 1.84. The summed E-state index contributed by atoms with van der Waals surface area (Å²) in [5.41, 5.74) is 2.11. The van der Waals surface area contributed by atoms with Crippen LogP contribution in [-0.4, -0.2) is 29.1 Å². The van der Waals surface area contributed by atoms with Gasteiger partial charge in [-0.15, -0.1) is 11.3 Å². The third-order valence-electron chi connectivity index (χ3n) is 3.52. The summed E-state index contributed by atoms with van der Waals surface area (Å²) in [4.78, 5) is 9.98. The Hall–Kier alpha value is -1.24. The van der Waals surface area contributed by atoms with E-state index in [1.54, 1.807) is 18.4 Å². The van der Waals surface area contributed by atoms with Crippen molar-refractivity contribution in [1.82, 2.24) is 20.2 Å². The van der Waals surface area contributed by atoms with Crippen molar-refractivity contribution in [2.24, 2.45) is 12.0 Å². The molecule has 0 bridgehead atoms. The summed E-state index contributed by atoms with van der Waals surface area (Å²) in [5, 5.41) is 8.78. The van der Waals surface area contributed by atoms with Crippen LogP contribution in [0.3, 0.4) is 0 Å². The van der Waals surface area contributed by atoms with Gasteiger partial charge in [0.2, 0.25) is 0 Å². The molecule has 0 aliphatic carbocycles. The van der Waals surface area contributed by atoms with Crippen molar-refractivity contribution >= 4 is 40.5 Å². The van der Waals surface area contributed by atoms with Crippen LogP contribution in [0.25, 0.3) is 0 Å². The Kier molecular flexibility index (Phi) is 6.33. The molecule has 2 heterocycles. The number of hydrogen-bond acceptors (Lipinski definition) is 3. The number of rotatable bonds is 5. The summed E-state index contributed by atoms with van der Waals surface area (Å²) in [5.74, 6) is 0.748. The molecule has 0 unspecified atom stereocenters. The molecule has 0 fully saturated rings. The summed E-state index contributed by atoms with van der Waals surface area (Å²) in [6.45, 7) is 5.48. The van der Waals surface area contributed by atoms with Gasteiger partial charge in [-0.25, -0.2) is 4.98 Å². The third kappa shape index (κ3) is 4.62. The first-order valence-corrected chi connectivity index (χ1v) is 8.86. The predicted octanol–water partition coefficient (Wildman–Crippen LogP) is 3.31. The summed E-state index contributed by atoms with van der Waals surface area (Å²) < 4.78 is 1.85. The average Bonchev–Trinajstić information content (AvgIpc) is 2.96. The highest BCUT2D eigenvalue weighted by Gasteiger charge is 2.09. The number of aliphatic imine (C=N–C) groups is 1. The molecule has 0 aliphatic heterocycles. The lowest BCUT2D eigenvalue weighted by Gasteiger charge is -2.12. The van der Waals surface area contributed by atoms with Gasteiger partial charge >= 0.3 is 0 Å². The van der Waals surface area contributed by atoms with Crippen LogP contribution in [-0.2, 0) is 20.0 Å². The van der Waals surface area contributed by atoms with Crippen molar-refractivity contribution in [3.8, 4) is 0 Å². The molecule has 0 amide bonds. The van der Waals surface area contributed by atoms with Gasteiger partial charge in [-0.05, 0) is 19.9 Å². The second-order valence-electron chi connectivity index (χ2n) is 5.18. The van der Waals surface area contributed by atoms with E-state index < -0.39 is 0 Å². The predicted molar refractivity (Wildman–Crippen MR) is 98.9 cm³/mol. The smallest absolute Gasteiger partial charge is 0.191 e. The van der Waals surface area contributed by atoms with Gasteiger partial charge < -0.3 is 15.2 Å². The molecular weight excluding hydrogens is 353 g/mol. The maximum absolute atomic E-state index is 6.07. The van der Waals surface area contributed by atoms with E-state index in [0.717, 1.165) is 35.3 Å². The van der Waals surface area contributed by atoms with Crippen LogP contribution >= 0.6 is 34.5 Å².